The maximum absolute atomic E-state index is 13.9. The molecule has 2 heterocycles. The Bertz CT molecular complexity index is 1150. The van der Waals surface area contributed by atoms with Gasteiger partial charge in [-0.25, -0.2) is 17.8 Å². The van der Waals surface area contributed by atoms with Crippen LogP contribution in [0.4, 0.5) is 15.2 Å². The Kier molecular flexibility index (Phi) is 5.69. The zero-order valence-corrected chi connectivity index (χ0v) is 17.4. The first kappa shape index (κ1) is 20.3. The Morgan fingerprint density at radius 3 is 2.80 bits per heavy atom. The number of thiazole rings is 1. The first-order chi connectivity index (χ1) is 14.4. The summed E-state index contributed by atoms with van der Waals surface area (Å²) in [5.41, 5.74) is 0.498. The maximum Gasteiger partial charge on any atom is 0.264 e. The zero-order chi connectivity index (χ0) is 21.1. The van der Waals surface area contributed by atoms with Crippen molar-refractivity contribution in [1.29, 1.82) is 0 Å². The number of hydrogen-bond acceptors (Lipinski definition) is 6. The van der Waals surface area contributed by atoms with Crippen molar-refractivity contribution >= 4 is 38.1 Å². The summed E-state index contributed by atoms with van der Waals surface area (Å²) in [6, 6.07) is 11.2. The highest BCUT2D eigenvalue weighted by molar-refractivity contribution is 7.92. The van der Waals surface area contributed by atoms with Crippen molar-refractivity contribution in [2.45, 2.75) is 17.4 Å². The van der Waals surface area contributed by atoms with Gasteiger partial charge in [-0.3, -0.25) is 9.52 Å². The third-order valence-electron chi connectivity index (χ3n) is 4.72. The fraction of sp³-hybridized carbons (Fsp3) is 0.200. The molecule has 0 unspecified atom stereocenters. The van der Waals surface area contributed by atoms with Crippen molar-refractivity contribution < 1.29 is 17.6 Å². The van der Waals surface area contributed by atoms with E-state index >= 15 is 0 Å². The number of aromatic nitrogens is 1. The average molecular weight is 447 g/mol. The number of nitrogens with one attached hydrogen (secondary N) is 2. The summed E-state index contributed by atoms with van der Waals surface area (Å²) in [5.74, 6) is -1.14. The minimum Gasteiger partial charge on any atom is -0.347 e. The molecule has 156 valence electrons. The molecule has 0 saturated carbocycles. The predicted octanol–water partition coefficient (Wildman–Crippen LogP) is 3.09. The molecule has 0 bridgehead atoms. The second-order valence-electron chi connectivity index (χ2n) is 6.84. The first-order valence-corrected chi connectivity index (χ1v) is 11.6. The summed E-state index contributed by atoms with van der Waals surface area (Å²) in [7, 11) is -4.11. The Morgan fingerprint density at radius 2 is 2.03 bits per heavy atom. The normalized spacial score (nSPS) is 16.4. The van der Waals surface area contributed by atoms with Gasteiger partial charge < -0.3 is 10.2 Å². The molecule has 0 radical (unpaired) electrons. The molecular formula is C20H19FN4O3S2. The van der Waals surface area contributed by atoms with Crippen molar-refractivity contribution in [3.8, 4) is 0 Å². The van der Waals surface area contributed by atoms with Crippen LogP contribution in [0.1, 0.15) is 16.8 Å². The van der Waals surface area contributed by atoms with Crippen molar-refractivity contribution in [1.82, 2.24) is 10.3 Å². The highest BCUT2D eigenvalue weighted by Gasteiger charge is 2.26. The summed E-state index contributed by atoms with van der Waals surface area (Å²) in [6.45, 7) is 1.47. The van der Waals surface area contributed by atoms with E-state index in [4.69, 9.17) is 0 Å². The highest BCUT2D eigenvalue weighted by Crippen LogP contribution is 2.23. The number of halogens is 1. The number of amides is 1. The van der Waals surface area contributed by atoms with Gasteiger partial charge in [-0.05, 0) is 36.8 Å². The van der Waals surface area contributed by atoms with Crippen molar-refractivity contribution in [2.75, 3.05) is 22.7 Å². The van der Waals surface area contributed by atoms with Crippen LogP contribution in [0, 0.1) is 5.82 Å². The number of carbonyl (C=O) groups is 1. The number of hydrogen-bond donors (Lipinski definition) is 2. The predicted molar refractivity (Wildman–Crippen MR) is 114 cm³/mol. The van der Waals surface area contributed by atoms with Crippen LogP contribution in [0.15, 0.2) is 65.0 Å². The lowest BCUT2D eigenvalue weighted by Crippen LogP contribution is -2.37. The summed E-state index contributed by atoms with van der Waals surface area (Å²) in [5, 5.41) is 5.82. The molecule has 4 rings (SSSR count). The van der Waals surface area contributed by atoms with Crippen LogP contribution < -0.4 is 14.9 Å². The molecule has 2 aromatic carbocycles. The zero-order valence-electron chi connectivity index (χ0n) is 15.8. The Hall–Kier alpha value is -2.98. The SMILES string of the molecule is O=C(N[C@H]1CCN(c2nccs2)C1)c1cccc(NS(=O)(=O)c2ccccc2F)c1. The molecule has 0 spiro atoms. The Labute approximate surface area is 177 Å². The molecule has 1 fully saturated rings. The molecule has 0 aliphatic carbocycles. The number of anilines is 2. The van der Waals surface area contributed by atoms with Crippen molar-refractivity contribution in [3.05, 3.63) is 71.5 Å². The molecule has 30 heavy (non-hydrogen) atoms. The molecule has 2 N–H and O–H groups in total. The summed E-state index contributed by atoms with van der Waals surface area (Å²) < 4.78 is 41.1. The largest absolute Gasteiger partial charge is 0.347 e. The van der Waals surface area contributed by atoms with E-state index in [2.05, 4.69) is 19.9 Å². The van der Waals surface area contributed by atoms with Gasteiger partial charge in [0.2, 0.25) is 0 Å². The number of benzene rings is 2. The van der Waals surface area contributed by atoms with Crippen LogP contribution >= 0.6 is 11.3 Å². The van der Waals surface area contributed by atoms with Gasteiger partial charge >= 0.3 is 0 Å². The Balaban J connectivity index is 1.43. The first-order valence-electron chi connectivity index (χ1n) is 9.25. The lowest BCUT2D eigenvalue weighted by molar-refractivity contribution is 0.0940. The summed E-state index contributed by atoms with van der Waals surface area (Å²) in [4.78, 5) is 18.6. The fourth-order valence-corrected chi connectivity index (χ4v) is 5.10. The van der Waals surface area contributed by atoms with Crippen LogP contribution in [0.5, 0.6) is 0 Å². The standard InChI is InChI=1S/C20H19FN4O3S2/c21-17-6-1-2-7-18(17)30(27,28)24-15-5-3-4-14(12-15)19(26)23-16-8-10-25(13-16)20-22-9-11-29-20/h1-7,9,11-12,16,24H,8,10,13H2,(H,23,26)/t16-/m0/s1. The number of nitrogens with zero attached hydrogens (tertiary/aromatic N) is 2. The molecule has 7 nitrogen and oxygen atoms in total. The molecular weight excluding hydrogens is 427 g/mol. The van der Waals surface area contributed by atoms with Crippen LogP contribution in [0.2, 0.25) is 0 Å². The van der Waals surface area contributed by atoms with Gasteiger partial charge in [-0.2, -0.15) is 0 Å². The van der Waals surface area contributed by atoms with Gasteiger partial charge in [0.1, 0.15) is 10.7 Å². The summed E-state index contributed by atoms with van der Waals surface area (Å²) >= 11 is 1.55. The van der Waals surface area contributed by atoms with E-state index in [-0.39, 0.29) is 17.6 Å². The van der Waals surface area contributed by atoms with E-state index < -0.39 is 20.7 Å². The number of rotatable bonds is 6. The Morgan fingerprint density at radius 1 is 1.20 bits per heavy atom. The third-order valence-corrected chi connectivity index (χ3v) is 6.96. The third kappa shape index (κ3) is 4.44. The van der Waals surface area contributed by atoms with Crippen LogP contribution in [0.3, 0.4) is 0 Å². The van der Waals surface area contributed by atoms with E-state index in [0.717, 1.165) is 24.2 Å². The second-order valence-corrected chi connectivity index (χ2v) is 9.36. The van der Waals surface area contributed by atoms with Crippen LogP contribution in [-0.4, -0.2) is 38.4 Å². The molecule has 3 aromatic rings. The molecule has 1 aromatic heterocycles. The lowest BCUT2D eigenvalue weighted by atomic mass is 10.1. The molecule has 1 aliphatic heterocycles. The van der Waals surface area contributed by atoms with E-state index in [1.807, 2.05) is 5.38 Å². The van der Waals surface area contributed by atoms with E-state index in [1.54, 1.807) is 29.7 Å². The van der Waals surface area contributed by atoms with Gasteiger partial charge in [-0.15, -0.1) is 11.3 Å². The maximum atomic E-state index is 13.9. The average Bonchev–Trinajstić information content (AvgIpc) is 3.40. The fourth-order valence-electron chi connectivity index (χ4n) is 3.29. The molecule has 1 atom stereocenters. The monoisotopic (exact) mass is 446 g/mol. The van der Waals surface area contributed by atoms with Gasteiger partial charge in [0.05, 0.1) is 0 Å². The van der Waals surface area contributed by atoms with Gasteiger partial charge in [0.15, 0.2) is 5.13 Å². The molecule has 10 heteroatoms. The van der Waals surface area contributed by atoms with E-state index in [0.29, 0.717) is 12.1 Å². The topological polar surface area (TPSA) is 91.4 Å². The second kappa shape index (κ2) is 8.41. The number of carbonyl (C=O) groups excluding carboxylic acids is 1. The quantitative estimate of drug-likeness (QED) is 0.607. The minimum absolute atomic E-state index is 0.0276. The van der Waals surface area contributed by atoms with Crippen LogP contribution in [-0.2, 0) is 10.0 Å². The van der Waals surface area contributed by atoms with Crippen molar-refractivity contribution in [3.63, 3.8) is 0 Å². The molecule has 1 saturated heterocycles. The van der Waals surface area contributed by atoms with Crippen molar-refractivity contribution in [2.24, 2.45) is 0 Å². The smallest absolute Gasteiger partial charge is 0.264 e. The van der Waals surface area contributed by atoms with Gasteiger partial charge in [0, 0.05) is 42.0 Å². The van der Waals surface area contributed by atoms with Gasteiger partial charge in [-0.1, -0.05) is 18.2 Å². The van der Waals surface area contributed by atoms with Crippen LogP contribution in [0.25, 0.3) is 0 Å². The van der Waals surface area contributed by atoms with Gasteiger partial charge in [0.25, 0.3) is 15.9 Å². The van der Waals surface area contributed by atoms with E-state index in [1.165, 1.54) is 30.3 Å². The highest BCUT2D eigenvalue weighted by atomic mass is 32.2. The minimum atomic E-state index is -4.11. The number of sulfonamides is 1. The molecule has 1 amide bonds. The lowest BCUT2D eigenvalue weighted by Gasteiger charge is -2.16. The van der Waals surface area contributed by atoms with E-state index in [9.17, 15) is 17.6 Å². The molecule has 1 aliphatic rings. The summed E-state index contributed by atoms with van der Waals surface area (Å²) in [6.07, 6.45) is 2.55.